The molecule has 1 aromatic carbocycles. The summed E-state index contributed by atoms with van der Waals surface area (Å²) in [4.78, 5) is 11.7. The molecule has 3 nitrogen and oxygen atoms in total. The minimum absolute atomic E-state index is 0.0767. The van der Waals surface area contributed by atoms with Crippen LogP contribution in [0, 0.1) is 6.92 Å². The molecule has 0 unspecified atom stereocenters. The minimum atomic E-state index is -0.0767. The van der Waals surface area contributed by atoms with Gasteiger partial charge in [-0.2, -0.15) is 0 Å². The standard InChI is InChI=1S/C14H15NO2/c1-11-13(8-10-17-11)14(16)15-9-7-12-5-3-2-4-6-12/h2-6,8,10H,7,9H2,1H3,(H,15,16). The van der Waals surface area contributed by atoms with Crippen LogP contribution in [0.5, 0.6) is 0 Å². The van der Waals surface area contributed by atoms with Gasteiger partial charge in [-0.3, -0.25) is 4.79 Å². The quantitative estimate of drug-likeness (QED) is 0.875. The number of amides is 1. The Hall–Kier alpha value is -2.03. The zero-order valence-corrected chi connectivity index (χ0v) is 9.77. The molecule has 0 aliphatic carbocycles. The van der Waals surface area contributed by atoms with Crippen LogP contribution in [0.25, 0.3) is 0 Å². The van der Waals surface area contributed by atoms with Crippen molar-refractivity contribution in [2.75, 3.05) is 6.54 Å². The van der Waals surface area contributed by atoms with Crippen LogP contribution in [-0.2, 0) is 6.42 Å². The van der Waals surface area contributed by atoms with Gasteiger partial charge in [-0.15, -0.1) is 0 Å². The Morgan fingerprint density at radius 1 is 1.24 bits per heavy atom. The van der Waals surface area contributed by atoms with E-state index >= 15 is 0 Å². The molecule has 3 heteroatoms. The number of carbonyl (C=O) groups is 1. The summed E-state index contributed by atoms with van der Waals surface area (Å²) >= 11 is 0. The van der Waals surface area contributed by atoms with Gasteiger partial charge in [0, 0.05) is 6.54 Å². The lowest BCUT2D eigenvalue weighted by Crippen LogP contribution is -2.25. The molecule has 88 valence electrons. The first-order valence-corrected chi connectivity index (χ1v) is 5.63. The summed E-state index contributed by atoms with van der Waals surface area (Å²) in [6.45, 7) is 2.42. The molecule has 0 bridgehead atoms. The predicted molar refractivity (Wildman–Crippen MR) is 65.9 cm³/mol. The second kappa shape index (κ2) is 5.34. The topological polar surface area (TPSA) is 42.2 Å². The molecule has 17 heavy (non-hydrogen) atoms. The van der Waals surface area contributed by atoms with Gasteiger partial charge in [0.05, 0.1) is 11.8 Å². The van der Waals surface area contributed by atoms with Gasteiger partial charge in [-0.1, -0.05) is 30.3 Å². The molecule has 0 radical (unpaired) electrons. The van der Waals surface area contributed by atoms with E-state index in [4.69, 9.17) is 4.42 Å². The summed E-state index contributed by atoms with van der Waals surface area (Å²) in [7, 11) is 0. The van der Waals surface area contributed by atoms with Crippen molar-refractivity contribution >= 4 is 5.91 Å². The lowest BCUT2D eigenvalue weighted by atomic mass is 10.1. The third-order valence-electron chi connectivity index (χ3n) is 2.65. The van der Waals surface area contributed by atoms with Gasteiger partial charge in [0.1, 0.15) is 5.76 Å². The number of carbonyl (C=O) groups excluding carboxylic acids is 1. The Kier molecular flexibility index (Phi) is 3.60. The van der Waals surface area contributed by atoms with Gasteiger partial charge >= 0.3 is 0 Å². The highest BCUT2D eigenvalue weighted by Gasteiger charge is 2.09. The monoisotopic (exact) mass is 229 g/mol. The normalized spacial score (nSPS) is 10.2. The van der Waals surface area contributed by atoms with E-state index in [1.165, 1.54) is 11.8 Å². The van der Waals surface area contributed by atoms with E-state index in [1.54, 1.807) is 13.0 Å². The number of nitrogens with one attached hydrogen (secondary N) is 1. The predicted octanol–water partition coefficient (Wildman–Crippen LogP) is 2.56. The average molecular weight is 229 g/mol. The van der Waals surface area contributed by atoms with E-state index in [0.29, 0.717) is 17.9 Å². The Balaban J connectivity index is 1.84. The highest BCUT2D eigenvalue weighted by atomic mass is 16.3. The van der Waals surface area contributed by atoms with Crippen molar-refractivity contribution in [3.05, 3.63) is 59.5 Å². The molecule has 0 fully saturated rings. The Labute approximate surface area is 100 Å². The van der Waals surface area contributed by atoms with Crippen LogP contribution in [0.15, 0.2) is 47.1 Å². The van der Waals surface area contributed by atoms with Crippen LogP contribution in [0.2, 0.25) is 0 Å². The first-order chi connectivity index (χ1) is 8.27. The third kappa shape index (κ3) is 2.97. The van der Waals surface area contributed by atoms with Crippen LogP contribution < -0.4 is 5.32 Å². The minimum Gasteiger partial charge on any atom is -0.469 e. The zero-order valence-electron chi connectivity index (χ0n) is 9.77. The summed E-state index contributed by atoms with van der Waals surface area (Å²) in [6, 6.07) is 11.8. The molecule has 2 aromatic rings. The number of rotatable bonds is 4. The Bertz CT molecular complexity index is 488. The maximum atomic E-state index is 11.7. The summed E-state index contributed by atoms with van der Waals surface area (Å²) in [5.74, 6) is 0.578. The SMILES string of the molecule is Cc1occc1C(=O)NCCc1ccccc1. The van der Waals surface area contributed by atoms with E-state index in [0.717, 1.165) is 6.42 Å². The maximum Gasteiger partial charge on any atom is 0.254 e. The molecule has 0 aliphatic heterocycles. The van der Waals surface area contributed by atoms with Crippen molar-refractivity contribution in [2.24, 2.45) is 0 Å². The first kappa shape index (κ1) is 11.5. The van der Waals surface area contributed by atoms with Crippen molar-refractivity contribution in [1.29, 1.82) is 0 Å². The maximum absolute atomic E-state index is 11.7. The van der Waals surface area contributed by atoms with E-state index < -0.39 is 0 Å². The molecule has 1 N–H and O–H groups in total. The fourth-order valence-electron chi connectivity index (χ4n) is 1.68. The lowest BCUT2D eigenvalue weighted by Gasteiger charge is -2.04. The van der Waals surface area contributed by atoms with Crippen LogP contribution in [0.4, 0.5) is 0 Å². The largest absolute Gasteiger partial charge is 0.469 e. The molecular weight excluding hydrogens is 214 g/mol. The smallest absolute Gasteiger partial charge is 0.254 e. The van der Waals surface area contributed by atoms with Crippen molar-refractivity contribution in [1.82, 2.24) is 5.32 Å². The Morgan fingerprint density at radius 2 is 2.00 bits per heavy atom. The van der Waals surface area contributed by atoms with Crippen molar-refractivity contribution < 1.29 is 9.21 Å². The first-order valence-electron chi connectivity index (χ1n) is 5.63. The summed E-state index contributed by atoms with van der Waals surface area (Å²) in [6.07, 6.45) is 2.37. The second-order valence-corrected chi connectivity index (χ2v) is 3.88. The van der Waals surface area contributed by atoms with Crippen LogP contribution in [-0.4, -0.2) is 12.5 Å². The van der Waals surface area contributed by atoms with Crippen LogP contribution in [0.3, 0.4) is 0 Å². The van der Waals surface area contributed by atoms with Crippen molar-refractivity contribution in [3.8, 4) is 0 Å². The molecule has 0 saturated heterocycles. The fourth-order valence-corrected chi connectivity index (χ4v) is 1.68. The number of benzene rings is 1. The second-order valence-electron chi connectivity index (χ2n) is 3.88. The fraction of sp³-hybridized carbons (Fsp3) is 0.214. The Morgan fingerprint density at radius 3 is 2.65 bits per heavy atom. The molecular formula is C14H15NO2. The number of furan rings is 1. The molecule has 1 amide bonds. The van der Waals surface area contributed by atoms with Crippen LogP contribution >= 0.6 is 0 Å². The molecule has 2 rings (SSSR count). The molecule has 0 atom stereocenters. The molecule has 1 aromatic heterocycles. The zero-order chi connectivity index (χ0) is 12.1. The van der Waals surface area contributed by atoms with Gasteiger partial charge < -0.3 is 9.73 Å². The van der Waals surface area contributed by atoms with Gasteiger partial charge in [0.15, 0.2) is 0 Å². The highest BCUT2D eigenvalue weighted by molar-refractivity contribution is 5.94. The van der Waals surface area contributed by atoms with E-state index in [9.17, 15) is 4.79 Å². The molecule has 0 aliphatic rings. The van der Waals surface area contributed by atoms with E-state index in [-0.39, 0.29) is 5.91 Å². The van der Waals surface area contributed by atoms with E-state index in [2.05, 4.69) is 17.4 Å². The molecule has 0 saturated carbocycles. The van der Waals surface area contributed by atoms with Gasteiger partial charge in [0.2, 0.25) is 0 Å². The number of hydrogen-bond acceptors (Lipinski definition) is 2. The van der Waals surface area contributed by atoms with Crippen LogP contribution in [0.1, 0.15) is 21.7 Å². The highest BCUT2D eigenvalue weighted by Crippen LogP contribution is 2.08. The molecule has 0 spiro atoms. The summed E-state index contributed by atoms with van der Waals surface area (Å²) in [5.41, 5.74) is 1.83. The summed E-state index contributed by atoms with van der Waals surface area (Å²) in [5, 5.41) is 2.88. The third-order valence-corrected chi connectivity index (χ3v) is 2.65. The van der Waals surface area contributed by atoms with Crippen molar-refractivity contribution in [3.63, 3.8) is 0 Å². The summed E-state index contributed by atoms with van der Waals surface area (Å²) < 4.78 is 5.09. The molecule has 1 heterocycles. The van der Waals surface area contributed by atoms with E-state index in [1.807, 2.05) is 18.2 Å². The number of aryl methyl sites for hydroxylation is 1. The van der Waals surface area contributed by atoms with Gasteiger partial charge in [-0.05, 0) is 25.0 Å². The van der Waals surface area contributed by atoms with Gasteiger partial charge in [0.25, 0.3) is 5.91 Å². The van der Waals surface area contributed by atoms with Crippen molar-refractivity contribution in [2.45, 2.75) is 13.3 Å². The average Bonchev–Trinajstić information content (AvgIpc) is 2.77. The lowest BCUT2D eigenvalue weighted by molar-refractivity contribution is 0.0952. The number of hydrogen-bond donors (Lipinski definition) is 1. The van der Waals surface area contributed by atoms with Gasteiger partial charge in [-0.25, -0.2) is 0 Å².